The first-order valence-electron chi connectivity index (χ1n) is 18.1. The topological polar surface area (TPSA) is 143 Å². The van der Waals surface area contributed by atoms with E-state index in [0.29, 0.717) is 11.7 Å². The number of ether oxygens (including phenoxy) is 4. The number of alkyl halides is 6. The highest BCUT2D eigenvalue weighted by Crippen LogP contribution is 2.60. The second kappa shape index (κ2) is 18.5. The van der Waals surface area contributed by atoms with Gasteiger partial charge in [-0.05, 0) is 104 Å². The smallest absolute Gasteiger partial charge is 0.394 e. The van der Waals surface area contributed by atoms with E-state index in [1.165, 1.54) is 47.4 Å². The number of rotatable bonds is 11. The number of hydrogen-bond acceptors (Lipinski definition) is 10. The minimum Gasteiger partial charge on any atom is -0.478 e. The van der Waals surface area contributed by atoms with Gasteiger partial charge in [0.1, 0.15) is 26.7 Å². The number of aromatic nitrogens is 6. The van der Waals surface area contributed by atoms with Gasteiger partial charge >= 0.3 is 24.3 Å². The summed E-state index contributed by atoms with van der Waals surface area (Å²) in [6, 6.07) is 9.09. The fourth-order valence-electron chi connectivity index (χ4n) is 5.13. The van der Waals surface area contributed by atoms with Gasteiger partial charge in [0.15, 0.2) is 5.82 Å². The number of nitrogens with one attached hydrogen (secondary N) is 1. The fourth-order valence-corrected chi connectivity index (χ4v) is 5.78. The van der Waals surface area contributed by atoms with Crippen molar-refractivity contribution in [2.45, 2.75) is 104 Å². The molecule has 0 saturated heterocycles. The third-order valence-corrected chi connectivity index (χ3v) is 9.53. The number of halogens is 9. The number of carbonyl (C=O) groups is 2. The Bertz CT molecular complexity index is 2040. The van der Waals surface area contributed by atoms with E-state index < -0.39 is 46.3 Å². The molecule has 0 bridgehead atoms. The van der Waals surface area contributed by atoms with Crippen LogP contribution in [0.2, 0.25) is 15.5 Å². The fraction of sp³-hybridized carbons (Fsp3) is 0.526. The van der Waals surface area contributed by atoms with Crippen LogP contribution in [0.1, 0.15) is 101 Å². The first-order chi connectivity index (χ1) is 27.2. The van der Waals surface area contributed by atoms with E-state index >= 15 is 0 Å². The van der Waals surface area contributed by atoms with E-state index in [9.17, 15) is 35.9 Å². The largest absolute Gasteiger partial charge is 0.478 e. The molecular formula is C38H43Cl3F6N6O6. The molecule has 2 fully saturated rings. The number of hydrogen-bond donors (Lipinski definition) is 1. The highest BCUT2D eigenvalue weighted by atomic mass is 35.5. The third-order valence-electron chi connectivity index (χ3n) is 8.74. The number of H-pyrrole nitrogens is 1. The van der Waals surface area contributed by atoms with Crippen LogP contribution in [0, 0.1) is 10.8 Å². The Morgan fingerprint density at radius 1 is 0.712 bits per heavy atom. The molecule has 59 heavy (non-hydrogen) atoms. The molecule has 2 aliphatic rings. The van der Waals surface area contributed by atoms with Gasteiger partial charge in [-0.25, -0.2) is 29.3 Å². The Kier molecular flexibility index (Phi) is 14.9. The standard InChI is InChI=1S/C19H21ClF3N3O3.C10H11Cl2NO2.C9H11F3N2O/c1-17(2,3)29-16(27)12-4-5-13(24-15(12)20)26-10-6-14(25-26)28-11-9-18(7-8-18)19(21,22)23;1-10(2,3)15-9(14)6-4-5-7(11)13-8(6)12;10-9(11,12)8(2-3-8)4-6-15-7-1-5-13-14-7/h4-6,10H,7-9,11H2,1-3H3;4-5H,1-3H3;1,5H,2-4,6H2,(H,13,14). The van der Waals surface area contributed by atoms with E-state index in [1.807, 2.05) is 0 Å². The van der Waals surface area contributed by atoms with Crippen molar-refractivity contribution in [1.29, 1.82) is 0 Å². The van der Waals surface area contributed by atoms with E-state index in [4.69, 9.17) is 53.8 Å². The summed E-state index contributed by atoms with van der Waals surface area (Å²) in [5.74, 6) is -0.183. The van der Waals surface area contributed by atoms with Gasteiger partial charge < -0.3 is 18.9 Å². The van der Waals surface area contributed by atoms with E-state index in [1.54, 1.807) is 47.6 Å². The average molecular weight is 900 g/mol. The first kappa shape index (κ1) is 47.4. The van der Waals surface area contributed by atoms with Gasteiger partial charge in [-0.3, -0.25) is 0 Å². The number of pyridine rings is 2. The number of nitrogens with zero attached hydrogens (tertiary/aromatic N) is 5. The molecule has 2 saturated carbocycles. The molecule has 1 N–H and O–H groups in total. The van der Waals surface area contributed by atoms with E-state index in [0.717, 1.165) is 0 Å². The van der Waals surface area contributed by atoms with Gasteiger partial charge in [0.05, 0.1) is 41.4 Å². The second-order valence-corrected chi connectivity index (χ2v) is 16.9. The molecule has 2 aliphatic carbocycles. The van der Waals surface area contributed by atoms with Gasteiger partial charge in [0, 0.05) is 18.3 Å². The lowest BCUT2D eigenvalue weighted by atomic mass is 10.0. The Hall–Kier alpha value is -4.29. The van der Waals surface area contributed by atoms with Gasteiger partial charge in [0.2, 0.25) is 11.8 Å². The highest BCUT2D eigenvalue weighted by molar-refractivity contribution is 6.34. The van der Waals surface area contributed by atoms with Crippen molar-refractivity contribution in [1.82, 2.24) is 29.9 Å². The van der Waals surface area contributed by atoms with Crippen LogP contribution in [0.15, 0.2) is 48.8 Å². The minimum atomic E-state index is -4.20. The molecule has 4 aromatic rings. The summed E-state index contributed by atoms with van der Waals surface area (Å²) >= 11 is 17.5. The monoisotopic (exact) mass is 898 g/mol. The summed E-state index contributed by atoms with van der Waals surface area (Å²) in [6.45, 7) is 10.6. The maximum absolute atomic E-state index is 12.9. The van der Waals surface area contributed by atoms with E-state index in [-0.39, 0.29) is 84.2 Å². The molecule has 12 nitrogen and oxygen atoms in total. The van der Waals surface area contributed by atoms with Gasteiger partial charge in [-0.1, -0.05) is 34.8 Å². The zero-order valence-corrected chi connectivity index (χ0v) is 35.1. The molecule has 324 valence electrons. The van der Waals surface area contributed by atoms with Crippen molar-refractivity contribution < 1.29 is 54.9 Å². The summed E-state index contributed by atoms with van der Waals surface area (Å²) in [4.78, 5) is 31.6. The van der Waals surface area contributed by atoms with Gasteiger partial charge in [0.25, 0.3) is 0 Å². The number of aromatic amines is 1. The van der Waals surface area contributed by atoms with Crippen LogP contribution < -0.4 is 9.47 Å². The first-order valence-corrected chi connectivity index (χ1v) is 19.3. The molecule has 4 heterocycles. The SMILES string of the molecule is CC(C)(C)OC(=O)c1ccc(-n2ccc(OCCC3(C(F)(F)F)CC3)n2)nc1Cl.CC(C)(C)OC(=O)c1ccc(Cl)nc1Cl.FC(F)(F)C1(CCOc2ccn[nH]2)CC1. The number of esters is 2. The molecule has 0 amide bonds. The van der Waals surface area contributed by atoms with E-state index in [2.05, 4.69) is 25.3 Å². The molecule has 0 unspecified atom stereocenters. The lowest BCUT2D eigenvalue weighted by molar-refractivity contribution is -0.190. The average Bonchev–Trinajstić information content (AvgIpc) is 3.96. The molecule has 0 atom stereocenters. The van der Waals surface area contributed by atoms with Crippen molar-refractivity contribution in [2.75, 3.05) is 13.2 Å². The lowest BCUT2D eigenvalue weighted by Crippen LogP contribution is -2.26. The predicted octanol–water partition coefficient (Wildman–Crippen LogP) is 10.9. The number of carbonyl (C=O) groups excluding carboxylic acids is 2. The lowest BCUT2D eigenvalue weighted by Gasteiger charge is -2.19. The van der Waals surface area contributed by atoms with Gasteiger partial charge in [-0.15, -0.1) is 5.10 Å². The highest BCUT2D eigenvalue weighted by Gasteiger charge is 2.63. The molecule has 21 heteroatoms. The van der Waals surface area contributed by atoms with Crippen molar-refractivity contribution in [3.8, 4) is 17.6 Å². The Balaban J connectivity index is 0.000000215. The maximum Gasteiger partial charge on any atom is 0.394 e. The molecular weight excluding hydrogens is 857 g/mol. The quantitative estimate of drug-likeness (QED) is 0.0878. The molecule has 0 spiro atoms. The van der Waals surface area contributed by atoms with Crippen LogP contribution in [0.5, 0.6) is 11.8 Å². The molecule has 6 rings (SSSR count). The van der Waals surface area contributed by atoms with Crippen LogP contribution in [0.25, 0.3) is 5.82 Å². The maximum atomic E-state index is 12.9. The summed E-state index contributed by atoms with van der Waals surface area (Å²) in [5.41, 5.74) is -3.97. The van der Waals surface area contributed by atoms with Gasteiger partial charge in [-0.2, -0.15) is 31.4 Å². The predicted molar refractivity (Wildman–Crippen MR) is 205 cm³/mol. The van der Waals surface area contributed by atoms with Crippen molar-refractivity contribution in [3.63, 3.8) is 0 Å². The molecule has 0 radical (unpaired) electrons. The van der Waals surface area contributed by atoms with Crippen molar-refractivity contribution in [3.05, 3.63) is 75.4 Å². The third kappa shape index (κ3) is 13.9. The Labute approximate surface area is 351 Å². The van der Waals surface area contributed by atoms with Crippen LogP contribution in [0.4, 0.5) is 26.3 Å². The normalized spacial score (nSPS) is 15.4. The zero-order valence-electron chi connectivity index (χ0n) is 32.9. The molecule has 0 aliphatic heterocycles. The van der Waals surface area contributed by atoms with Crippen LogP contribution in [-0.2, 0) is 9.47 Å². The summed E-state index contributed by atoms with van der Waals surface area (Å²) in [5, 5.41) is 10.5. The van der Waals surface area contributed by atoms with Crippen LogP contribution in [0.3, 0.4) is 0 Å². The summed E-state index contributed by atoms with van der Waals surface area (Å²) < 4.78 is 98.5. The second-order valence-electron chi connectivity index (χ2n) is 15.8. The minimum absolute atomic E-state index is 0.0233. The molecule has 0 aromatic carbocycles. The van der Waals surface area contributed by atoms with Crippen molar-refractivity contribution in [2.24, 2.45) is 10.8 Å². The van der Waals surface area contributed by atoms with Crippen LogP contribution in [-0.4, -0.2) is 78.7 Å². The molecule has 4 aromatic heterocycles. The van der Waals surface area contributed by atoms with Crippen LogP contribution >= 0.6 is 34.8 Å². The summed E-state index contributed by atoms with van der Waals surface area (Å²) in [7, 11) is 0. The Morgan fingerprint density at radius 2 is 1.20 bits per heavy atom. The van der Waals surface area contributed by atoms with Crippen molar-refractivity contribution >= 4 is 46.7 Å². The zero-order chi connectivity index (χ0) is 44.0. The Morgan fingerprint density at radius 3 is 1.63 bits per heavy atom. The summed E-state index contributed by atoms with van der Waals surface area (Å²) in [6.07, 6.45) is -4.61.